The van der Waals surface area contributed by atoms with Gasteiger partial charge in [-0.3, -0.25) is 9.36 Å². The van der Waals surface area contributed by atoms with Crippen molar-refractivity contribution < 1.29 is 14.3 Å². The van der Waals surface area contributed by atoms with Gasteiger partial charge in [0, 0.05) is 10.7 Å². The van der Waals surface area contributed by atoms with Gasteiger partial charge in [0.15, 0.2) is 5.82 Å². The largest absolute Gasteiger partial charge is 0.486 e. The highest BCUT2D eigenvalue weighted by Gasteiger charge is 2.14. The first-order chi connectivity index (χ1) is 13.1. The minimum absolute atomic E-state index is 0.189. The Morgan fingerprint density at radius 3 is 2.52 bits per heavy atom. The first kappa shape index (κ1) is 19.1. The van der Waals surface area contributed by atoms with Crippen LogP contribution in [0, 0.1) is 4.77 Å². The number of aromatic nitrogens is 3. The molecule has 1 heterocycles. The molecule has 0 radical (unpaired) electrons. The second kappa shape index (κ2) is 8.83. The molecule has 0 spiro atoms. The van der Waals surface area contributed by atoms with E-state index in [-0.39, 0.29) is 19.0 Å². The summed E-state index contributed by atoms with van der Waals surface area (Å²) in [7, 11) is 1.36. The van der Waals surface area contributed by atoms with Crippen LogP contribution in [0.3, 0.4) is 0 Å². The number of carbonyl (C=O) groups excluding carboxylic acids is 1. The van der Waals surface area contributed by atoms with Crippen molar-refractivity contribution in [2.24, 2.45) is 0 Å². The third kappa shape index (κ3) is 4.75. The Balaban J connectivity index is 1.89. The Hall–Kier alpha value is -2.64. The molecule has 0 saturated carbocycles. The smallest absolute Gasteiger partial charge is 0.307 e. The number of ether oxygens (including phenoxy) is 2. The maximum atomic E-state index is 11.5. The van der Waals surface area contributed by atoms with Crippen LogP contribution in [0.5, 0.6) is 5.75 Å². The van der Waals surface area contributed by atoms with E-state index in [1.54, 1.807) is 28.9 Å². The van der Waals surface area contributed by atoms with E-state index in [9.17, 15) is 4.79 Å². The number of hydrogen-bond acceptors (Lipinski definition) is 5. The number of carbonyl (C=O) groups is 1. The van der Waals surface area contributed by atoms with Gasteiger partial charge in [0.25, 0.3) is 0 Å². The van der Waals surface area contributed by atoms with Crippen molar-refractivity contribution in [2.45, 2.75) is 19.6 Å². The topological polar surface area (TPSA) is 58.3 Å². The lowest BCUT2D eigenvalue weighted by molar-refractivity contribution is -0.140. The maximum Gasteiger partial charge on any atom is 0.307 e. The molecule has 0 amide bonds. The Morgan fingerprint density at radius 2 is 1.85 bits per heavy atom. The predicted octanol–water partition coefficient (Wildman–Crippen LogP) is 4.20. The van der Waals surface area contributed by atoms with Gasteiger partial charge in [0.2, 0.25) is 4.77 Å². The summed E-state index contributed by atoms with van der Waals surface area (Å²) in [6, 6.07) is 16.8. The molecule has 3 rings (SSSR count). The quantitative estimate of drug-likeness (QED) is 0.437. The Labute approximate surface area is 166 Å². The number of benzene rings is 2. The standard InChI is InChI=1S/C19H18ClN3O3S/c1-25-18(24)11-12-22-19(27)23(15-5-3-2-4-6-15)17(21-22)13-26-16-9-7-14(20)8-10-16/h2-10H,11-13H2,1H3. The lowest BCUT2D eigenvalue weighted by Crippen LogP contribution is -2.08. The first-order valence-corrected chi connectivity index (χ1v) is 9.06. The number of methoxy groups -OCH3 is 1. The highest BCUT2D eigenvalue weighted by molar-refractivity contribution is 7.71. The van der Waals surface area contributed by atoms with Crippen LogP contribution < -0.4 is 4.74 Å². The fourth-order valence-corrected chi connectivity index (χ4v) is 2.98. The molecule has 8 heteroatoms. The van der Waals surface area contributed by atoms with Crippen LogP contribution >= 0.6 is 23.8 Å². The molecule has 27 heavy (non-hydrogen) atoms. The monoisotopic (exact) mass is 403 g/mol. The lowest BCUT2D eigenvalue weighted by atomic mass is 10.3. The van der Waals surface area contributed by atoms with Gasteiger partial charge in [0.1, 0.15) is 12.4 Å². The van der Waals surface area contributed by atoms with Crippen molar-refractivity contribution in [3.63, 3.8) is 0 Å². The lowest BCUT2D eigenvalue weighted by Gasteiger charge is -2.08. The number of esters is 1. The Bertz CT molecular complexity index is 968. The van der Waals surface area contributed by atoms with Crippen LogP contribution in [0.15, 0.2) is 54.6 Å². The molecule has 0 aliphatic rings. The van der Waals surface area contributed by atoms with Gasteiger partial charge >= 0.3 is 5.97 Å². The summed E-state index contributed by atoms with van der Waals surface area (Å²) in [5, 5.41) is 5.18. The van der Waals surface area contributed by atoms with E-state index in [2.05, 4.69) is 5.10 Å². The molecule has 0 aliphatic heterocycles. The van der Waals surface area contributed by atoms with E-state index < -0.39 is 0 Å². The van der Waals surface area contributed by atoms with E-state index in [4.69, 9.17) is 33.3 Å². The van der Waals surface area contributed by atoms with Gasteiger partial charge in [0.05, 0.1) is 20.1 Å². The zero-order chi connectivity index (χ0) is 19.2. The Morgan fingerprint density at radius 1 is 1.15 bits per heavy atom. The minimum Gasteiger partial charge on any atom is -0.486 e. The van der Waals surface area contributed by atoms with E-state index in [1.165, 1.54) is 7.11 Å². The van der Waals surface area contributed by atoms with E-state index in [0.29, 0.717) is 27.9 Å². The van der Waals surface area contributed by atoms with Crippen LogP contribution in [0.4, 0.5) is 0 Å². The summed E-state index contributed by atoms with van der Waals surface area (Å²) in [4.78, 5) is 11.5. The molecule has 0 unspecified atom stereocenters. The van der Waals surface area contributed by atoms with Gasteiger partial charge in [-0.1, -0.05) is 29.8 Å². The van der Waals surface area contributed by atoms with Gasteiger partial charge in [-0.25, -0.2) is 4.68 Å². The average molecular weight is 404 g/mol. The highest BCUT2D eigenvalue weighted by atomic mass is 35.5. The molecule has 0 saturated heterocycles. The van der Waals surface area contributed by atoms with Crippen LogP contribution in [-0.2, 0) is 22.7 Å². The molecule has 0 fully saturated rings. The zero-order valence-electron chi connectivity index (χ0n) is 14.7. The number of halogens is 1. The minimum atomic E-state index is -0.315. The summed E-state index contributed by atoms with van der Waals surface area (Å²) in [6.45, 7) is 0.546. The van der Waals surface area contributed by atoms with E-state index >= 15 is 0 Å². The van der Waals surface area contributed by atoms with Crippen LogP contribution in [0.2, 0.25) is 5.02 Å². The Kier molecular flexibility index (Phi) is 6.26. The summed E-state index contributed by atoms with van der Waals surface area (Å²) in [5.74, 6) is 0.991. The molecule has 3 aromatic rings. The molecule has 0 N–H and O–H groups in total. The van der Waals surface area contributed by atoms with Crippen LogP contribution in [0.1, 0.15) is 12.2 Å². The van der Waals surface area contributed by atoms with Gasteiger partial charge < -0.3 is 9.47 Å². The SMILES string of the molecule is COC(=O)CCn1nc(COc2ccc(Cl)cc2)n(-c2ccccc2)c1=S. The first-order valence-electron chi connectivity index (χ1n) is 8.28. The number of nitrogens with zero attached hydrogens (tertiary/aromatic N) is 3. The molecular weight excluding hydrogens is 386 g/mol. The fraction of sp³-hybridized carbons (Fsp3) is 0.211. The predicted molar refractivity (Wildman–Crippen MR) is 105 cm³/mol. The molecule has 0 aliphatic carbocycles. The normalized spacial score (nSPS) is 10.6. The highest BCUT2D eigenvalue weighted by Crippen LogP contribution is 2.18. The van der Waals surface area contributed by atoms with Crippen molar-refractivity contribution in [1.82, 2.24) is 14.3 Å². The number of rotatable bonds is 7. The zero-order valence-corrected chi connectivity index (χ0v) is 16.2. The number of aryl methyl sites for hydroxylation is 1. The van der Waals surface area contributed by atoms with Gasteiger partial charge in [-0.05, 0) is 48.6 Å². The van der Waals surface area contributed by atoms with Gasteiger partial charge in [-0.15, -0.1) is 0 Å². The second-order valence-electron chi connectivity index (χ2n) is 5.66. The van der Waals surface area contributed by atoms with Gasteiger partial charge in [-0.2, -0.15) is 5.10 Å². The maximum absolute atomic E-state index is 11.5. The molecule has 2 aromatic carbocycles. The fourth-order valence-electron chi connectivity index (χ4n) is 2.51. The molecule has 1 aromatic heterocycles. The molecule has 6 nitrogen and oxygen atoms in total. The number of para-hydroxylation sites is 1. The third-order valence-corrected chi connectivity index (χ3v) is 4.50. The second-order valence-corrected chi connectivity index (χ2v) is 6.46. The summed E-state index contributed by atoms with van der Waals surface area (Å²) in [6.07, 6.45) is 0.189. The van der Waals surface area contributed by atoms with Crippen molar-refractivity contribution in [1.29, 1.82) is 0 Å². The third-order valence-electron chi connectivity index (χ3n) is 3.86. The molecule has 0 atom stereocenters. The summed E-state index contributed by atoms with van der Waals surface area (Å²) < 4.78 is 14.5. The summed E-state index contributed by atoms with van der Waals surface area (Å²) in [5.41, 5.74) is 0.876. The molecule has 140 valence electrons. The summed E-state index contributed by atoms with van der Waals surface area (Å²) >= 11 is 11.5. The van der Waals surface area contributed by atoms with Crippen LogP contribution in [0.25, 0.3) is 5.69 Å². The van der Waals surface area contributed by atoms with Crippen molar-refractivity contribution in [3.8, 4) is 11.4 Å². The van der Waals surface area contributed by atoms with Crippen molar-refractivity contribution in [2.75, 3.05) is 7.11 Å². The van der Waals surface area contributed by atoms with E-state index in [0.717, 1.165) is 5.69 Å². The molecule has 0 bridgehead atoms. The van der Waals surface area contributed by atoms with Crippen molar-refractivity contribution >= 4 is 29.8 Å². The molecular formula is C19H18ClN3O3S. The number of hydrogen-bond donors (Lipinski definition) is 0. The van der Waals surface area contributed by atoms with E-state index in [1.807, 2.05) is 34.9 Å². The average Bonchev–Trinajstić information content (AvgIpc) is 3.01. The van der Waals surface area contributed by atoms with Crippen molar-refractivity contribution in [3.05, 3.63) is 70.2 Å². The van der Waals surface area contributed by atoms with Crippen LogP contribution in [-0.4, -0.2) is 27.4 Å².